The molecule has 1 fully saturated rings. The van der Waals surface area contributed by atoms with Crippen LogP contribution in [0.2, 0.25) is 0 Å². The van der Waals surface area contributed by atoms with Crippen molar-refractivity contribution in [2.24, 2.45) is 0 Å². The van der Waals surface area contributed by atoms with E-state index in [-0.39, 0.29) is 11.8 Å². The summed E-state index contributed by atoms with van der Waals surface area (Å²) in [6.07, 6.45) is 0.684. The molecule has 1 saturated carbocycles. The largest absolute Gasteiger partial charge is 0.497 e. The minimum atomic E-state index is -4.55. The average Bonchev–Trinajstić information content (AvgIpc) is 3.20. The predicted molar refractivity (Wildman–Crippen MR) is 112 cm³/mol. The second-order valence-corrected chi connectivity index (χ2v) is 8.27. The van der Waals surface area contributed by atoms with E-state index in [4.69, 9.17) is 4.74 Å². The molecule has 2 N–H and O–H groups in total. The van der Waals surface area contributed by atoms with Crippen molar-refractivity contribution in [3.63, 3.8) is 0 Å². The van der Waals surface area contributed by atoms with Crippen LogP contribution in [-0.2, 0) is 4.79 Å². The molecule has 174 valence electrons. The summed E-state index contributed by atoms with van der Waals surface area (Å²) >= 11 is 1.09. The maximum absolute atomic E-state index is 12.2. The van der Waals surface area contributed by atoms with Gasteiger partial charge in [-0.3, -0.25) is 14.7 Å². The Bertz CT molecular complexity index is 928. The van der Waals surface area contributed by atoms with Crippen molar-refractivity contribution in [3.05, 3.63) is 24.3 Å². The van der Waals surface area contributed by atoms with Gasteiger partial charge in [-0.05, 0) is 37.1 Å². The van der Waals surface area contributed by atoms with Gasteiger partial charge in [0.2, 0.25) is 5.91 Å². The molecule has 0 spiro atoms. The number of aromatic nitrogens is 3. The minimum Gasteiger partial charge on any atom is -0.497 e. The zero-order valence-corrected chi connectivity index (χ0v) is 18.3. The molecule has 8 nitrogen and oxygen atoms in total. The molecule has 1 aliphatic carbocycles. The Morgan fingerprint density at radius 3 is 2.47 bits per heavy atom. The zero-order chi connectivity index (χ0) is 23.1. The third-order valence-corrected chi connectivity index (χ3v) is 5.93. The summed E-state index contributed by atoms with van der Waals surface area (Å²) in [6.45, 7) is -1.51. The van der Waals surface area contributed by atoms with Gasteiger partial charge in [-0.25, -0.2) is 4.79 Å². The Labute approximate surface area is 187 Å². The number of ether oxygens (including phenoxy) is 1. The van der Waals surface area contributed by atoms with Crippen molar-refractivity contribution in [1.82, 2.24) is 25.4 Å². The number of urea groups is 1. The number of nitrogens with zero attached hydrogens (tertiary/aromatic N) is 3. The number of alkyl halides is 3. The van der Waals surface area contributed by atoms with E-state index in [1.54, 1.807) is 12.4 Å². The molecule has 1 aromatic carbocycles. The smallest absolute Gasteiger partial charge is 0.405 e. The van der Waals surface area contributed by atoms with Crippen LogP contribution < -0.4 is 15.4 Å². The second kappa shape index (κ2) is 10.7. The molecule has 3 amide bonds. The van der Waals surface area contributed by atoms with Crippen LogP contribution in [0.5, 0.6) is 5.75 Å². The van der Waals surface area contributed by atoms with E-state index in [0.29, 0.717) is 16.7 Å². The molecule has 1 aliphatic rings. The highest BCUT2D eigenvalue weighted by atomic mass is 32.2. The second-order valence-electron chi connectivity index (χ2n) is 7.33. The van der Waals surface area contributed by atoms with Crippen LogP contribution in [0.15, 0.2) is 29.4 Å². The number of methoxy groups -OCH3 is 1. The van der Waals surface area contributed by atoms with Gasteiger partial charge in [0, 0.05) is 11.6 Å². The van der Waals surface area contributed by atoms with E-state index >= 15 is 0 Å². The van der Waals surface area contributed by atoms with Crippen LogP contribution in [0.3, 0.4) is 0 Å². The molecule has 0 bridgehead atoms. The number of hydrogen-bond acceptors (Lipinski definition) is 6. The number of rotatable bonds is 7. The Balaban J connectivity index is 1.71. The first-order chi connectivity index (χ1) is 15.3. The molecule has 32 heavy (non-hydrogen) atoms. The monoisotopic (exact) mass is 471 g/mol. The van der Waals surface area contributed by atoms with Gasteiger partial charge in [0.1, 0.15) is 12.3 Å². The molecule has 0 unspecified atom stereocenters. The summed E-state index contributed by atoms with van der Waals surface area (Å²) < 4.78 is 43.7. The maximum atomic E-state index is 12.2. The minimum absolute atomic E-state index is 0.177. The Morgan fingerprint density at radius 2 is 1.84 bits per heavy atom. The zero-order valence-electron chi connectivity index (χ0n) is 17.4. The Hall–Kier alpha value is -2.76. The van der Waals surface area contributed by atoms with Crippen LogP contribution in [0.25, 0.3) is 11.4 Å². The molecule has 0 aliphatic heterocycles. The first-order valence-corrected chi connectivity index (χ1v) is 11.1. The summed E-state index contributed by atoms with van der Waals surface area (Å²) in [5.41, 5.74) is 0.853. The summed E-state index contributed by atoms with van der Waals surface area (Å²) in [6, 6.07) is 6.41. The van der Waals surface area contributed by atoms with E-state index < -0.39 is 24.7 Å². The van der Waals surface area contributed by atoms with E-state index in [1.165, 1.54) is 0 Å². The lowest BCUT2D eigenvalue weighted by atomic mass is 9.95. The standard InChI is InChI=1S/C20H24F3N5O3S/c1-31-15-9-7-13(8-10-15)17-26-27-19(28(17)14-5-3-2-4-6-14)32-11-16(29)25-18(30)24-12-20(21,22)23/h7-10,14H,2-6,11-12H2,1H3,(H2,24,25,29,30). The van der Waals surface area contributed by atoms with E-state index in [2.05, 4.69) is 10.2 Å². The fourth-order valence-corrected chi connectivity index (χ4v) is 4.30. The molecular formula is C20H24F3N5O3S. The van der Waals surface area contributed by atoms with Crippen molar-refractivity contribution >= 4 is 23.7 Å². The number of amides is 3. The number of hydrogen-bond donors (Lipinski definition) is 2. The molecule has 0 saturated heterocycles. The van der Waals surface area contributed by atoms with Gasteiger partial charge in [-0.2, -0.15) is 13.2 Å². The molecule has 1 aromatic heterocycles. The number of carbonyl (C=O) groups is 2. The lowest BCUT2D eigenvalue weighted by molar-refractivity contribution is -0.124. The topological polar surface area (TPSA) is 98.1 Å². The summed E-state index contributed by atoms with van der Waals surface area (Å²) in [5.74, 6) is 0.476. The number of benzene rings is 1. The number of nitrogens with one attached hydrogen (secondary N) is 2. The highest BCUT2D eigenvalue weighted by Gasteiger charge is 2.28. The fourth-order valence-electron chi connectivity index (χ4n) is 3.50. The van der Waals surface area contributed by atoms with Crippen LogP contribution in [0, 0.1) is 0 Å². The summed E-state index contributed by atoms with van der Waals surface area (Å²) in [4.78, 5) is 23.5. The third-order valence-electron chi connectivity index (χ3n) is 4.99. The Kier molecular flexibility index (Phi) is 7.99. The number of thioether (sulfide) groups is 1. The maximum Gasteiger partial charge on any atom is 0.405 e. The van der Waals surface area contributed by atoms with Crippen LogP contribution in [0.1, 0.15) is 38.1 Å². The number of halogens is 3. The molecule has 12 heteroatoms. The van der Waals surface area contributed by atoms with Crippen LogP contribution in [0.4, 0.5) is 18.0 Å². The van der Waals surface area contributed by atoms with E-state index in [9.17, 15) is 22.8 Å². The predicted octanol–water partition coefficient (Wildman–Crippen LogP) is 3.94. The van der Waals surface area contributed by atoms with Crippen molar-refractivity contribution in [1.29, 1.82) is 0 Å². The first-order valence-electron chi connectivity index (χ1n) is 10.1. The number of carbonyl (C=O) groups excluding carboxylic acids is 2. The average molecular weight is 472 g/mol. The lowest BCUT2D eigenvalue weighted by Gasteiger charge is -2.25. The van der Waals surface area contributed by atoms with E-state index in [0.717, 1.165) is 49.4 Å². The SMILES string of the molecule is COc1ccc(-c2nnc(SCC(=O)NC(=O)NCC(F)(F)F)n2C2CCCCC2)cc1. The summed E-state index contributed by atoms with van der Waals surface area (Å²) in [7, 11) is 1.59. The van der Waals surface area contributed by atoms with Gasteiger partial charge >= 0.3 is 12.2 Å². The van der Waals surface area contributed by atoms with Crippen LogP contribution >= 0.6 is 11.8 Å². The quantitative estimate of drug-likeness (QED) is 0.594. The first kappa shape index (κ1) is 23.9. The van der Waals surface area contributed by atoms with Gasteiger partial charge in [0.25, 0.3) is 0 Å². The van der Waals surface area contributed by atoms with Crippen LogP contribution in [-0.4, -0.2) is 52.3 Å². The van der Waals surface area contributed by atoms with Crippen molar-refractivity contribution in [2.45, 2.75) is 49.5 Å². The molecule has 1 heterocycles. The summed E-state index contributed by atoms with van der Waals surface area (Å²) in [5, 5.41) is 12.6. The molecular weight excluding hydrogens is 447 g/mol. The molecule has 2 aromatic rings. The number of imide groups is 1. The van der Waals surface area contributed by atoms with Crippen molar-refractivity contribution in [2.75, 3.05) is 19.4 Å². The van der Waals surface area contributed by atoms with Gasteiger partial charge in [-0.15, -0.1) is 10.2 Å². The van der Waals surface area contributed by atoms with Gasteiger partial charge in [-0.1, -0.05) is 31.0 Å². The lowest BCUT2D eigenvalue weighted by Crippen LogP contribution is -2.43. The van der Waals surface area contributed by atoms with Gasteiger partial charge < -0.3 is 10.1 Å². The fraction of sp³-hybridized carbons (Fsp3) is 0.500. The molecule has 3 rings (SSSR count). The van der Waals surface area contributed by atoms with Gasteiger partial charge in [0.05, 0.1) is 12.9 Å². The van der Waals surface area contributed by atoms with Crippen molar-refractivity contribution < 1.29 is 27.5 Å². The Morgan fingerprint density at radius 1 is 1.16 bits per heavy atom. The normalized spacial score (nSPS) is 14.8. The highest BCUT2D eigenvalue weighted by molar-refractivity contribution is 7.99. The molecule has 0 radical (unpaired) electrons. The van der Waals surface area contributed by atoms with Gasteiger partial charge in [0.15, 0.2) is 11.0 Å². The third kappa shape index (κ3) is 6.62. The molecule has 0 atom stereocenters. The van der Waals surface area contributed by atoms with Crippen molar-refractivity contribution in [3.8, 4) is 17.1 Å². The van der Waals surface area contributed by atoms with E-state index in [1.807, 2.05) is 34.1 Å². The highest BCUT2D eigenvalue weighted by Crippen LogP contribution is 2.35.